The highest BCUT2D eigenvalue weighted by atomic mass is 35.5. The zero-order valence-corrected chi connectivity index (χ0v) is 16.6. The van der Waals surface area contributed by atoms with E-state index < -0.39 is 28.3 Å². The van der Waals surface area contributed by atoms with Gasteiger partial charge in [0, 0.05) is 11.6 Å². The molecule has 1 aliphatic rings. The quantitative estimate of drug-likeness (QED) is 0.715. The fourth-order valence-corrected chi connectivity index (χ4v) is 5.06. The number of sulfonamides is 1. The maximum absolute atomic E-state index is 13.0. The SMILES string of the molecule is N#Cc1ccc(O[C@H]2CN(S(=O)(=O)c3ccc(Cl)cc3Cl)C[C@@]2(O)CO)cn1. The molecule has 1 fully saturated rings. The summed E-state index contributed by atoms with van der Waals surface area (Å²) in [5.41, 5.74) is -1.65. The van der Waals surface area contributed by atoms with Gasteiger partial charge >= 0.3 is 0 Å². The van der Waals surface area contributed by atoms with Crippen LogP contribution < -0.4 is 4.74 Å². The van der Waals surface area contributed by atoms with Crippen molar-refractivity contribution < 1.29 is 23.4 Å². The van der Waals surface area contributed by atoms with Crippen LogP contribution in [0.3, 0.4) is 0 Å². The second-order valence-corrected chi connectivity index (χ2v) is 8.98. The number of nitriles is 1. The normalized spacial score (nSPS) is 22.8. The number of aliphatic hydroxyl groups excluding tert-OH is 1. The summed E-state index contributed by atoms with van der Waals surface area (Å²) in [5.74, 6) is 0.222. The number of hydrogen-bond donors (Lipinski definition) is 2. The number of hydrogen-bond acceptors (Lipinski definition) is 7. The molecule has 2 atom stereocenters. The van der Waals surface area contributed by atoms with E-state index in [-0.39, 0.29) is 39.5 Å². The Morgan fingerprint density at radius 1 is 1.36 bits per heavy atom. The first-order valence-electron chi connectivity index (χ1n) is 8.01. The Labute approximate surface area is 171 Å². The van der Waals surface area contributed by atoms with Crippen LogP contribution in [0.5, 0.6) is 5.75 Å². The van der Waals surface area contributed by atoms with Crippen molar-refractivity contribution in [1.82, 2.24) is 9.29 Å². The Morgan fingerprint density at radius 3 is 2.68 bits per heavy atom. The molecule has 0 amide bonds. The first-order chi connectivity index (χ1) is 13.2. The van der Waals surface area contributed by atoms with Crippen LogP contribution >= 0.6 is 23.2 Å². The van der Waals surface area contributed by atoms with Crippen molar-refractivity contribution in [1.29, 1.82) is 5.26 Å². The fraction of sp³-hybridized carbons (Fsp3) is 0.294. The number of halogens is 2. The summed E-state index contributed by atoms with van der Waals surface area (Å²) < 4.78 is 32.5. The van der Waals surface area contributed by atoms with E-state index in [0.717, 1.165) is 4.31 Å². The van der Waals surface area contributed by atoms with Crippen molar-refractivity contribution in [2.75, 3.05) is 19.7 Å². The van der Waals surface area contributed by atoms with Crippen LogP contribution in [0.4, 0.5) is 0 Å². The molecule has 11 heteroatoms. The first-order valence-corrected chi connectivity index (χ1v) is 10.2. The third-order valence-corrected chi connectivity index (χ3v) is 6.86. The highest BCUT2D eigenvalue weighted by molar-refractivity contribution is 7.89. The number of rotatable bonds is 5. The molecular weight excluding hydrogens is 429 g/mol. The van der Waals surface area contributed by atoms with Gasteiger partial charge in [-0.1, -0.05) is 23.2 Å². The average Bonchev–Trinajstić information content (AvgIpc) is 3.00. The molecule has 2 N–H and O–H groups in total. The Kier molecular flexibility index (Phi) is 5.82. The number of ether oxygens (including phenoxy) is 1. The molecule has 0 unspecified atom stereocenters. The van der Waals surface area contributed by atoms with E-state index in [9.17, 15) is 18.6 Å². The number of aliphatic hydroxyl groups is 2. The Balaban J connectivity index is 1.87. The molecule has 1 aliphatic heterocycles. The average molecular weight is 444 g/mol. The molecule has 0 aliphatic carbocycles. The molecule has 1 aromatic heterocycles. The van der Waals surface area contributed by atoms with Gasteiger partial charge in [-0.2, -0.15) is 9.57 Å². The van der Waals surface area contributed by atoms with Gasteiger partial charge in [-0.3, -0.25) is 0 Å². The number of β-amino-alcohol motifs (C(OH)–C–C–N with tert-alkyl or cyclic N) is 1. The maximum atomic E-state index is 13.0. The lowest BCUT2D eigenvalue weighted by atomic mass is 10.0. The molecule has 1 aromatic carbocycles. The van der Waals surface area contributed by atoms with Gasteiger partial charge in [0.25, 0.3) is 0 Å². The summed E-state index contributed by atoms with van der Waals surface area (Å²) >= 11 is 11.8. The molecule has 148 valence electrons. The predicted octanol–water partition coefficient (Wildman–Crippen LogP) is 1.44. The molecule has 0 spiro atoms. The molecule has 2 aromatic rings. The van der Waals surface area contributed by atoms with Gasteiger partial charge < -0.3 is 14.9 Å². The summed E-state index contributed by atoms with van der Waals surface area (Å²) in [6.07, 6.45) is 0.219. The summed E-state index contributed by atoms with van der Waals surface area (Å²) in [5, 5.41) is 29.4. The van der Waals surface area contributed by atoms with Gasteiger partial charge in [-0.15, -0.1) is 0 Å². The molecule has 0 bridgehead atoms. The van der Waals surface area contributed by atoms with Gasteiger partial charge in [0.2, 0.25) is 10.0 Å². The predicted molar refractivity (Wildman–Crippen MR) is 101 cm³/mol. The van der Waals surface area contributed by atoms with E-state index >= 15 is 0 Å². The monoisotopic (exact) mass is 443 g/mol. The van der Waals surface area contributed by atoms with Crippen LogP contribution in [-0.2, 0) is 10.0 Å². The molecule has 3 rings (SSSR count). The number of nitrogens with zero attached hydrogens (tertiary/aromatic N) is 3. The van der Waals surface area contributed by atoms with Crippen LogP contribution in [0.15, 0.2) is 41.4 Å². The summed E-state index contributed by atoms with van der Waals surface area (Å²) in [6.45, 7) is -1.33. The summed E-state index contributed by atoms with van der Waals surface area (Å²) in [6, 6.07) is 8.73. The Bertz CT molecular complexity index is 1030. The van der Waals surface area contributed by atoms with Gasteiger partial charge in [-0.05, 0) is 30.3 Å². The van der Waals surface area contributed by atoms with Crippen LogP contribution in [0.25, 0.3) is 0 Å². The zero-order valence-electron chi connectivity index (χ0n) is 14.3. The van der Waals surface area contributed by atoms with Crippen molar-refractivity contribution in [3.8, 4) is 11.8 Å². The highest BCUT2D eigenvalue weighted by Gasteiger charge is 2.51. The summed E-state index contributed by atoms with van der Waals surface area (Å²) in [4.78, 5) is 3.69. The number of benzene rings is 1. The van der Waals surface area contributed by atoms with E-state index in [4.69, 9.17) is 33.2 Å². The van der Waals surface area contributed by atoms with Crippen LogP contribution in [0, 0.1) is 11.3 Å². The topological polar surface area (TPSA) is 124 Å². The lowest BCUT2D eigenvalue weighted by Gasteiger charge is -2.26. The minimum atomic E-state index is -4.07. The standard InChI is InChI=1S/C17H15Cl2N3O5S/c18-11-1-4-15(14(19)5-11)28(25,26)22-8-16(17(24,9-22)10-23)27-13-3-2-12(6-20)21-7-13/h1-5,7,16,23-24H,8-10H2/t16-,17+/m0/s1. The van der Waals surface area contributed by atoms with E-state index in [1.165, 1.54) is 36.5 Å². The maximum Gasteiger partial charge on any atom is 0.244 e. The molecule has 2 heterocycles. The largest absolute Gasteiger partial charge is 0.484 e. The molecular formula is C17H15Cl2N3O5S. The van der Waals surface area contributed by atoms with Crippen molar-refractivity contribution in [3.63, 3.8) is 0 Å². The van der Waals surface area contributed by atoms with Gasteiger partial charge in [-0.25, -0.2) is 13.4 Å². The summed E-state index contributed by atoms with van der Waals surface area (Å²) in [7, 11) is -4.07. The van der Waals surface area contributed by atoms with Crippen molar-refractivity contribution in [2.24, 2.45) is 0 Å². The van der Waals surface area contributed by atoms with Crippen molar-refractivity contribution in [2.45, 2.75) is 16.6 Å². The molecule has 8 nitrogen and oxygen atoms in total. The molecule has 0 saturated carbocycles. The van der Waals surface area contributed by atoms with Crippen LogP contribution in [0.2, 0.25) is 10.0 Å². The molecule has 1 saturated heterocycles. The van der Waals surface area contributed by atoms with Gasteiger partial charge in [0.05, 0.1) is 24.4 Å². The highest BCUT2D eigenvalue weighted by Crippen LogP contribution is 2.33. The minimum absolute atomic E-state index is 0.0549. The Morgan fingerprint density at radius 2 is 2.11 bits per heavy atom. The smallest absolute Gasteiger partial charge is 0.244 e. The third-order valence-electron chi connectivity index (χ3n) is 4.33. The zero-order chi connectivity index (χ0) is 20.5. The first kappa shape index (κ1) is 20.8. The minimum Gasteiger partial charge on any atom is -0.484 e. The van der Waals surface area contributed by atoms with E-state index in [1.807, 2.05) is 6.07 Å². The van der Waals surface area contributed by atoms with Crippen LogP contribution in [-0.4, -0.2) is 59.3 Å². The van der Waals surface area contributed by atoms with Gasteiger partial charge in [0.1, 0.15) is 34.1 Å². The second-order valence-electron chi connectivity index (χ2n) is 6.23. The Hall–Kier alpha value is -1.93. The van der Waals surface area contributed by atoms with E-state index in [2.05, 4.69) is 4.98 Å². The van der Waals surface area contributed by atoms with Crippen LogP contribution in [0.1, 0.15) is 5.69 Å². The fourth-order valence-electron chi connectivity index (χ4n) is 2.81. The third kappa shape index (κ3) is 3.93. The second kappa shape index (κ2) is 7.83. The lowest BCUT2D eigenvalue weighted by Crippen LogP contribution is -2.48. The number of pyridine rings is 1. The van der Waals surface area contributed by atoms with Crippen molar-refractivity contribution >= 4 is 33.2 Å². The lowest BCUT2D eigenvalue weighted by molar-refractivity contribution is -0.0641. The number of aromatic nitrogens is 1. The van der Waals surface area contributed by atoms with E-state index in [0.29, 0.717) is 0 Å². The van der Waals surface area contributed by atoms with E-state index in [1.54, 1.807) is 0 Å². The molecule has 0 radical (unpaired) electrons. The molecule has 28 heavy (non-hydrogen) atoms. The van der Waals surface area contributed by atoms with Gasteiger partial charge in [0.15, 0.2) is 0 Å². The van der Waals surface area contributed by atoms with Crippen molar-refractivity contribution in [3.05, 3.63) is 52.3 Å².